The molecule has 33 heavy (non-hydrogen) atoms. The Labute approximate surface area is 194 Å². The molecule has 1 aliphatic carbocycles. The summed E-state index contributed by atoms with van der Waals surface area (Å²) in [6.45, 7) is 0. The lowest BCUT2D eigenvalue weighted by atomic mass is 9.98. The van der Waals surface area contributed by atoms with Crippen LogP contribution in [0.4, 0.5) is 0 Å². The maximum absolute atomic E-state index is 12.6. The third-order valence-corrected chi connectivity index (χ3v) is 6.38. The summed E-state index contributed by atoms with van der Waals surface area (Å²) in [5.41, 5.74) is 1.55. The SMILES string of the molecule is COc1ccc(/C=C\c2cc(OC)c(OC)c(OC)c2)cc1OP(=O)(O)OC1CCCCC1. The molecule has 2 aromatic rings. The largest absolute Gasteiger partial charge is 0.527 e. The average Bonchev–Trinajstić information content (AvgIpc) is 2.82. The Kier molecular flexibility index (Phi) is 8.67. The summed E-state index contributed by atoms with van der Waals surface area (Å²) in [6.07, 6.45) is 7.99. The first-order valence-electron chi connectivity index (χ1n) is 10.8. The summed E-state index contributed by atoms with van der Waals surface area (Å²) in [5.74, 6) is 2.05. The van der Waals surface area contributed by atoms with Crippen molar-refractivity contribution in [3.8, 4) is 28.7 Å². The monoisotopic (exact) mass is 478 g/mol. The highest BCUT2D eigenvalue weighted by molar-refractivity contribution is 7.47. The fourth-order valence-electron chi connectivity index (χ4n) is 3.76. The number of ether oxygens (including phenoxy) is 4. The second kappa shape index (κ2) is 11.5. The van der Waals surface area contributed by atoms with Crippen LogP contribution >= 0.6 is 7.82 Å². The fraction of sp³-hybridized carbons (Fsp3) is 0.417. The minimum absolute atomic E-state index is 0.131. The zero-order valence-electron chi connectivity index (χ0n) is 19.4. The van der Waals surface area contributed by atoms with E-state index in [9.17, 15) is 9.46 Å². The van der Waals surface area contributed by atoms with Crippen molar-refractivity contribution >= 4 is 20.0 Å². The minimum atomic E-state index is -4.30. The van der Waals surface area contributed by atoms with E-state index in [1.54, 1.807) is 33.5 Å². The van der Waals surface area contributed by atoms with Gasteiger partial charge in [0, 0.05) is 0 Å². The van der Waals surface area contributed by atoms with Gasteiger partial charge in [-0.2, -0.15) is 0 Å². The van der Waals surface area contributed by atoms with Crippen molar-refractivity contribution in [2.75, 3.05) is 28.4 Å². The predicted molar refractivity (Wildman–Crippen MR) is 126 cm³/mol. The Hall–Kier alpha value is -2.67. The lowest BCUT2D eigenvalue weighted by Gasteiger charge is -2.24. The van der Waals surface area contributed by atoms with Crippen LogP contribution in [0, 0.1) is 0 Å². The van der Waals surface area contributed by atoms with Gasteiger partial charge in [-0.15, -0.1) is 0 Å². The molecule has 1 aliphatic rings. The normalized spacial score (nSPS) is 16.3. The van der Waals surface area contributed by atoms with Gasteiger partial charge >= 0.3 is 7.82 Å². The van der Waals surface area contributed by atoms with Gasteiger partial charge in [-0.3, -0.25) is 9.42 Å². The first-order valence-corrected chi connectivity index (χ1v) is 12.3. The Morgan fingerprint density at radius 2 is 1.36 bits per heavy atom. The van der Waals surface area contributed by atoms with Crippen molar-refractivity contribution in [1.29, 1.82) is 0 Å². The van der Waals surface area contributed by atoms with Crippen molar-refractivity contribution in [3.63, 3.8) is 0 Å². The van der Waals surface area contributed by atoms with E-state index in [1.807, 2.05) is 30.4 Å². The summed E-state index contributed by atoms with van der Waals surface area (Å²) in [6, 6.07) is 8.74. The maximum atomic E-state index is 12.6. The molecule has 1 unspecified atom stereocenters. The van der Waals surface area contributed by atoms with Gasteiger partial charge in [-0.1, -0.05) is 37.5 Å². The Morgan fingerprint density at radius 1 is 0.788 bits per heavy atom. The van der Waals surface area contributed by atoms with Gasteiger partial charge in [0.05, 0.1) is 34.5 Å². The molecular formula is C24H31O8P. The molecule has 0 bridgehead atoms. The molecular weight excluding hydrogens is 447 g/mol. The quantitative estimate of drug-likeness (QED) is 0.342. The number of benzene rings is 2. The summed E-state index contributed by atoms with van der Waals surface area (Å²) < 4.78 is 44.8. The maximum Gasteiger partial charge on any atom is 0.527 e. The van der Waals surface area contributed by atoms with Crippen molar-refractivity contribution < 1.29 is 37.5 Å². The number of phosphoric acid groups is 1. The van der Waals surface area contributed by atoms with E-state index in [2.05, 4.69) is 0 Å². The lowest BCUT2D eigenvalue weighted by Crippen LogP contribution is -2.16. The molecule has 0 aromatic heterocycles. The van der Waals surface area contributed by atoms with Crippen molar-refractivity contribution in [2.24, 2.45) is 0 Å². The van der Waals surface area contributed by atoms with Crippen LogP contribution in [0.15, 0.2) is 30.3 Å². The van der Waals surface area contributed by atoms with Gasteiger partial charge in [-0.25, -0.2) is 4.57 Å². The summed E-state index contributed by atoms with van der Waals surface area (Å²) in [4.78, 5) is 10.3. The van der Waals surface area contributed by atoms with Crippen molar-refractivity contribution in [2.45, 2.75) is 38.2 Å². The number of methoxy groups -OCH3 is 4. The van der Waals surface area contributed by atoms with Crippen molar-refractivity contribution in [1.82, 2.24) is 0 Å². The molecule has 180 valence electrons. The number of hydrogen-bond donors (Lipinski definition) is 1. The summed E-state index contributed by atoms with van der Waals surface area (Å²) in [7, 11) is 1.83. The first kappa shape index (κ1) is 25.0. The van der Waals surface area contributed by atoms with E-state index in [1.165, 1.54) is 7.11 Å². The fourth-order valence-corrected chi connectivity index (χ4v) is 4.78. The second-order valence-corrected chi connectivity index (χ2v) is 8.96. The third kappa shape index (κ3) is 6.67. The van der Waals surface area contributed by atoms with E-state index in [0.717, 1.165) is 43.2 Å². The highest BCUT2D eigenvalue weighted by Crippen LogP contribution is 2.49. The molecule has 3 rings (SSSR count). The first-order chi connectivity index (χ1) is 15.9. The minimum Gasteiger partial charge on any atom is -0.493 e. The smallest absolute Gasteiger partial charge is 0.493 e. The lowest BCUT2D eigenvalue weighted by molar-refractivity contribution is 0.107. The van der Waals surface area contributed by atoms with E-state index in [4.69, 9.17) is 28.0 Å². The van der Waals surface area contributed by atoms with Crippen LogP contribution in [0.3, 0.4) is 0 Å². The van der Waals surface area contributed by atoms with Crippen LogP contribution in [-0.2, 0) is 9.09 Å². The highest BCUT2D eigenvalue weighted by atomic mass is 31.2. The summed E-state index contributed by atoms with van der Waals surface area (Å²) in [5, 5.41) is 0. The molecule has 0 saturated heterocycles. The zero-order valence-corrected chi connectivity index (χ0v) is 20.3. The number of phosphoric ester groups is 1. The van der Waals surface area contributed by atoms with E-state index >= 15 is 0 Å². The molecule has 0 amide bonds. The molecule has 0 heterocycles. The third-order valence-electron chi connectivity index (χ3n) is 5.39. The molecule has 0 radical (unpaired) electrons. The zero-order chi connectivity index (χ0) is 23.8. The topological polar surface area (TPSA) is 92.7 Å². The average molecular weight is 478 g/mol. The molecule has 8 nitrogen and oxygen atoms in total. The van der Waals surface area contributed by atoms with Gasteiger partial charge in [-0.05, 0) is 48.2 Å². The van der Waals surface area contributed by atoms with Gasteiger partial charge < -0.3 is 23.5 Å². The molecule has 0 spiro atoms. The van der Waals surface area contributed by atoms with Gasteiger partial charge in [0.1, 0.15) is 0 Å². The van der Waals surface area contributed by atoms with Crippen LogP contribution in [0.25, 0.3) is 12.2 Å². The summed E-state index contributed by atoms with van der Waals surface area (Å²) >= 11 is 0. The number of rotatable bonds is 10. The molecule has 1 atom stereocenters. The molecule has 0 aliphatic heterocycles. The highest BCUT2D eigenvalue weighted by Gasteiger charge is 2.30. The molecule has 1 fully saturated rings. The van der Waals surface area contributed by atoms with Gasteiger partial charge in [0.15, 0.2) is 23.0 Å². The van der Waals surface area contributed by atoms with E-state index in [-0.39, 0.29) is 11.9 Å². The molecule has 1 N–H and O–H groups in total. The second-order valence-electron chi connectivity index (χ2n) is 7.63. The van der Waals surface area contributed by atoms with E-state index in [0.29, 0.717) is 23.0 Å². The van der Waals surface area contributed by atoms with Gasteiger partial charge in [0.25, 0.3) is 0 Å². The van der Waals surface area contributed by atoms with Crippen LogP contribution in [0.2, 0.25) is 0 Å². The Bertz CT molecular complexity index is 989. The van der Waals surface area contributed by atoms with Crippen LogP contribution in [0.1, 0.15) is 43.2 Å². The predicted octanol–water partition coefficient (Wildman–Crippen LogP) is 5.72. The Morgan fingerprint density at radius 3 is 1.94 bits per heavy atom. The van der Waals surface area contributed by atoms with Crippen LogP contribution in [0.5, 0.6) is 28.7 Å². The van der Waals surface area contributed by atoms with Crippen molar-refractivity contribution in [3.05, 3.63) is 41.5 Å². The van der Waals surface area contributed by atoms with Gasteiger partial charge in [0.2, 0.25) is 5.75 Å². The van der Waals surface area contributed by atoms with E-state index < -0.39 is 7.82 Å². The molecule has 2 aromatic carbocycles. The number of hydrogen-bond acceptors (Lipinski definition) is 7. The standard InChI is InChI=1S/C24H31O8P/c1-27-20-13-12-17(10-11-18-15-22(28-2)24(30-4)23(16-18)29-3)14-21(20)32-33(25,26)31-19-8-6-5-7-9-19/h10-16,19H,5-9H2,1-4H3,(H,25,26)/b11-10-. The van der Waals surface area contributed by atoms with Crippen LogP contribution < -0.4 is 23.5 Å². The molecule has 9 heteroatoms. The van der Waals surface area contributed by atoms with Crippen LogP contribution in [-0.4, -0.2) is 39.4 Å². The molecule has 1 saturated carbocycles. The Balaban J connectivity index is 1.82.